The van der Waals surface area contributed by atoms with Gasteiger partial charge in [-0.25, -0.2) is 0 Å². The molecule has 0 saturated heterocycles. The van der Waals surface area contributed by atoms with E-state index in [-0.39, 0.29) is 18.5 Å². The monoisotopic (exact) mass is 273 g/mol. The Morgan fingerprint density at radius 2 is 2.32 bits per heavy atom. The number of fused-ring (bicyclic) bond motifs is 1. The first kappa shape index (κ1) is 12.3. The zero-order valence-corrected chi connectivity index (χ0v) is 11.3. The number of aromatic nitrogens is 2. The number of hydrogen-bond donors (Lipinski definition) is 1. The fraction of sp³-hybridized carbons (Fsp3) is 0.286. The SMILES string of the molecule is O=C(Cn1cccn1)N[C@@H]1CCSc2ccccc21. The van der Waals surface area contributed by atoms with Gasteiger partial charge in [0.1, 0.15) is 6.54 Å². The molecule has 1 aromatic heterocycles. The average Bonchev–Trinajstić information content (AvgIpc) is 2.92. The van der Waals surface area contributed by atoms with Crippen LogP contribution in [0.1, 0.15) is 18.0 Å². The fourth-order valence-corrected chi connectivity index (χ4v) is 3.40. The van der Waals surface area contributed by atoms with E-state index >= 15 is 0 Å². The normalized spacial score (nSPS) is 17.8. The van der Waals surface area contributed by atoms with Crippen molar-refractivity contribution < 1.29 is 4.79 Å². The van der Waals surface area contributed by atoms with Crippen LogP contribution in [0.3, 0.4) is 0 Å². The van der Waals surface area contributed by atoms with Gasteiger partial charge in [0.25, 0.3) is 0 Å². The van der Waals surface area contributed by atoms with E-state index in [1.165, 1.54) is 10.5 Å². The predicted octanol–water partition coefficient (Wildman–Crippen LogP) is 2.24. The summed E-state index contributed by atoms with van der Waals surface area (Å²) in [6.07, 6.45) is 4.45. The molecule has 5 heteroatoms. The molecule has 0 bridgehead atoms. The minimum atomic E-state index is 0.00963. The van der Waals surface area contributed by atoms with Crippen LogP contribution < -0.4 is 5.32 Å². The second kappa shape index (κ2) is 5.48. The Morgan fingerprint density at radius 3 is 3.16 bits per heavy atom. The van der Waals surface area contributed by atoms with Gasteiger partial charge < -0.3 is 5.32 Å². The van der Waals surface area contributed by atoms with E-state index in [0.29, 0.717) is 0 Å². The van der Waals surface area contributed by atoms with Crippen molar-refractivity contribution in [2.24, 2.45) is 0 Å². The van der Waals surface area contributed by atoms with Gasteiger partial charge in [-0.2, -0.15) is 5.10 Å². The Bertz CT molecular complexity index is 568. The summed E-state index contributed by atoms with van der Waals surface area (Å²) in [5, 5.41) is 7.15. The van der Waals surface area contributed by atoms with Crippen LogP contribution >= 0.6 is 11.8 Å². The molecular formula is C14H15N3OS. The highest BCUT2D eigenvalue weighted by Crippen LogP contribution is 2.35. The molecule has 19 heavy (non-hydrogen) atoms. The lowest BCUT2D eigenvalue weighted by Crippen LogP contribution is -2.33. The number of hydrogen-bond acceptors (Lipinski definition) is 3. The van der Waals surface area contributed by atoms with Gasteiger partial charge >= 0.3 is 0 Å². The summed E-state index contributed by atoms with van der Waals surface area (Å²) >= 11 is 1.86. The van der Waals surface area contributed by atoms with E-state index in [9.17, 15) is 4.79 Å². The smallest absolute Gasteiger partial charge is 0.242 e. The standard InChI is InChI=1S/C14H15N3OS/c18-14(10-17-8-3-7-15-17)16-12-6-9-19-13-5-2-1-4-11(12)13/h1-5,7-8,12H,6,9-10H2,(H,16,18)/t12-/m1/s1. The van der Waals surface area contributed by atoms with E-state index in [0.717, 1.165) is 12.2 Å². The fourth-order valence-electron chi connectivity index (χ4n) is 2.27. The number of thioether (sulfide) groups is 1. The molecule has 0 aliphatic carbocycles. The third-order valence-corrected chi connectivity index (χ3v) is 4.28. The van der Waals surface area contributed by atoms with E-state index in [1.54, 1.807) is 17.1 Å². The van der Waals surface area contributed by atoms with Gasteiger partial charge in [0.2, 0.25) is 5.91 Å². The molecule has 2 aromatic rings. The Hall–Kier alpha value is -1.75. The number of amides is 1. The van der Waals surface area contributed by atoms with Gasteiger partial charge in [0.15, 0.2) is 0 Å². The lowest BCUT2D eigenvalue weighted by Gasteiger charge is -2.25. The lowest BCUT2D eigenvalue weighted by molar-refractivity contribution is -0.122. The number of nitrogens with one attached hydrogen (secondary N) is 1. The Kier molecular flexibility index (Phi) is 3.55. The number of carbonyl (C=O) groups is 1. The molecule has 1 aliphatic rings. The molecule has 0 saturated carbocycles. The van der Waals surface area contributed by atoms with Crippen molar-refractivity contribution in [1.82, 2.24) is 15.1 Å². The van der Waals surface area contributed by atoms with Crippen molar-refractivity contribution in [1.29, 1.82) is 0 Å². The van der Waals surface area contributed by atoms with Crippen LogP contribution in [0.5, 0.6) is 0 Å². The van der Waals surface area contributed by atoms with E-state index in [4.69, 9.17) is 0 Å². The number of carbonyl (C=O) groups excluding carboxylic acids is 1. The molecule has 1 aromatic carbocycles. The summed E-state index contributed by atoms with van der Waals surface area (Å²) in [7, 11) is 0. The molecule has 1 N–H and O–H groups in total. The van der Waals surface area contributed by atoms with E-state index in [1.807, 2.05) is 30.0 Å². The first-order chi connectivity index (χ1) is 9.33. The highest BCUT2D eigenvalue weighted by molar-refractivity contribution is 7.99. The molecule has 1 aliphatic heterocycles. The van der Waals surface area contributed by atoms with Gasteiger partial charge in [0.05, 0.1) is 6.04 Å². The number of rotatable bonds is 3. The van der Waals surface area contributed by atoms with Crippen molar-refractivity contribution >= 4 is 17.7 Å². The Balaban J connectivity index is 1.69. The first-order valence-electron chi connectivity index (χ1n) is 6.31. The summed E-state index contributed by atoms with van der Waals surface area (Å²) in [5.74, 6) is 1.05. The second-order valence-electron chi connectivity index (χ2n) is 4.50. The van der Waals surface area contributed by atoms with Crippen LogP contribution in [0, 0.1) is 0 Å². The Morgan fingerprint density at radius 1 is 1.42 bits per heavy atom. The zero-order valence-electron chi connectivity index (χ0n) is 10.5. The van der Waals surface area contributed by atoms with Gasteiger partial charge in [-0.05, 0) is 24.1 Å². The topological polar surface area (TPSA) is 46.9 Å². The molecule has 3 rings (SSSR count). The molecule has 1 atom stereocenters. The minimum Gasteiger partial charge on any atom is -0.348 e. The van der Waals surface area contributed by atoms with Crippen LogP contribution in [0.2, 0.25) is 0 Å². The minimum absolute atomic E-state index is 0.00963. The largest absolute Gasteiger partial charge is 0.348 e. The summed E-state index contributed by atoms with van der Waals surface area (Å²) in [6.45, 7) is 0.277. The third-order valence-electron chi connectivity index (χ3n) is 3.16. The maximum Gasteiger partial charge on any atom is 0.242 e. The van der Waals surface area contributed by atoms with Crippen molar-refractivity contribution in [3.05, 3.63) is 48.3 Å². The highest BCUT2D eigenvalue weighted by Gasteiger charge is 2.21. The van der Waals surface area contributed by atoms with Crippen LogP contribution in [-0.4, -0.2) is 21.4 Å². The van der Waals surface area contributed by atoms with Gasteiger partial charge in [0, 0.05) is 23.0 Å². The zero-order chi connectivity index (χ0) is 13.1. The van der Waals surface area contributed by atoms with Gasteiger partial charge in [-0.1, -0.05) is 18.2 Å². The molecule has 0 fully saturated rings. The maximum atomic E-state index is 12.0. The number of nitrogens with zero attached hydrogens (tertiary/aromatic N) is 2. The van der Waals surface area contributed by atoms with E-state index < -0.39 is 0 Å². The molecule has 1 amide bonds. The van der Waals surface area contributed by atoms with Crippen molar-refractivity contribution in [3.8, 4) is 0 Å². The summed E-state index contributed by atoms with van der Waals surface area (Å²) in [4.78, 5) is 13.3. The molecule has 0 spiro atoms. The second-order valence-corrected chi connectivity index (χ2v) is 5.64. The predicted molar refractivity (Wildman–Crippen MR) is 74.9 cm³/mol. The maximum absolute atomic E-state index is 12.0. The quantitative estimate of drug-likeness (QED) is 0.933. The van der Waals surface area contributed by atoms with E-state index in [2.05, 4.69) is 22.5 Å². The van der Waals surface area contributed by atoms with Crippen molar-refractivity contribution in [2.75, 3.05) is 5.75 Å². The van der Waals surface area contributed by atoms with Gasteiger partial charge in [-0.15, -0.1) is 11.8 Å². The van der Waals surface area contributed by atoms with Gasteiger partial charge in [-0.3, -0.25) is 9.48 Å². The number of benzene rings is 1. The van der Waals surface area contributed by atoms with Crippen molar-refractivity contribution in [3.63, 3.8) is 0 Å². The molecule has 4 nitrogen and oxygen atoms in total. The van der Waals surface area contributed by atoms with Crippen LogP contribution in [0.25, 0.3) is 0 Å². The van der Waals surface area contributed by atoms with Crippen molar-refractivity contribution in [2.45, 2.75) is 23.9 Å². The first-order valence-corrected chi connectivity index (χ1v) is 7.30. The van der Waals surface area contributed by atoms with Crippen LogP contribution in [0.15, 0.2) is 47.6 Å². The summed E-state index contributed by atoms with van der Waals surface area (Å²) < 4.78 is 1.64. The Labute approximate surface area is 116 Å². The summed E-state index contributed by atoms with van der Waals surface area (Å²) in [5.41, 5.74) is 1.23. The molecule has 0 radical (unpaired) electrons. The summed E-state index contributed by atoms with van der Waals surface area (Å²) in [6, 6.07) is 10.2. The van der Waals surface area contributed by atoms with Crippen LogP contribution in [0.4, 0.5) is 0 Å². The molecule has 0 unspecified atom stereocenters. The molecular weight excluding hydrogens is 258 g/mol. The molecule has 98 valence electrons. The van der Waals surface area contributed by atoms with Crippen LogP contribution in [-0.2, 0) is 11.3 Å². The molecule has 2 heterocycles. The third kappa shape index (κ3) is 2.81. The highest BCUT2D eigenvalue weighted by atomic mass is 32.2. The lowest BCUT2D eigenvalue weighted by atomic mass is 10.0. The average molecular weight is 273 g/mol.